The number of hydrogen-bond acceptors (Lipinski definition) is 5. The number of nitrogens with two attached hydrogens (primary N) is 1. The zero-order chi connectivity index (χ0) is 12.3. The first-order valence-electron chi connectivity index (χ1n) is 6.13. The number of hydrogen-bond donors (Lipinski definition) is 1. The standard InChI is InChI=1S/C12H21N5/c1-16-5-3-4-11(9-16)17(2)12-14-7-10(6-13)8-15-12/h7-8,11H,3-6,9,13H2,1-2H3. The Morgan fingerprint density at radius 1 is 1.47 bits per heavy atom. The SMILES string of the molecule is CN1CCCC(N(C)c2ncc(CN)cn2)C1. The second-order valence-corrected chi connectivity index (χ2v) is 4.76. The van der Waals surface area contributed by atoms with Crippen molar-refractivity contribution in [3.63, 3.8) is 0 Å². The molecule has 0 spiro atoms. The molecular formula is C12H21N5. The molecule has 17 heavy (non-hydrogen) atoms. The Hall–Kier alpha value is -1.20. The Bertz CT molecular complexity index is 350. The van der Waals surface area contributed by atoms with Gasteiger partial charge in [0.1, 0.15) is 0 Å². The zero-order valence-corrected chi connectivity index (χ0v) is 10.6. The number of aromatic nitrogens is 2. The van der Waals surface area contributed by atoms with Crippen LogP contribution in [0, 0.1) is 0 Å². The first-order valence-corrected chi connectivity index (χ1v) is 6.13. The summed E-state index contributed by atoms with van der Waals surface area (Å²) in [7, 11) is 4.24. The molecule has 1 aromatic heterocycles. The minimum atomic E-state index is 0.496. The summed E-state index contributed by atoms with van der Waals surface area (Å²) in [6, 6.07) is 0.512. The Balaban J connectivity index is 2.04. The van der Waals surface area contributed by atoms with Crippen LogP contribution in [0.4, 0.5) is 5.95 Å². The second kappa shape index (κ2) is 5.42. The van der Waals surface area contributed by atoms with Gasteiger partial charge in [0.15, 0.2) is 0 Å². The van der Waals surface area contributed by atoms with Crippen molar-refractivity contribution in [2.45, 2.75) is 25.4 Å². The topological polar surface area (TPSA) is 58.3 Å². The Labute approximate surface area is 103 Å². The summed E-state index contributed by atoms with van der Waals surface area (Å²) in [6.45, 7) is 2.77. The quantitative estimate of drug-likeness (QED) is 0.825. The summed E-state index contributed by atoms with van der Waals surface area (Å²) in [6.07, 6.45) is 6.08. The maximum atomic E-state index is 5.54. The highest BCUT2D eigenvalue weighted by Gasteiger charge is 2.22. The van der Waals surface area contributed by atoms with Crippen molar-refractivity contribution >= 4 is 5.95 Å². The van der Waals surface area contributed by atoms with Gasteiger partial charge in [0.2, 0.25) is 5.95 Å². The average Bonchev–Trinajstić information content (AvgIpc) is 2.38. The minimum absolute atomic E-state index is 0.496. The van der Waals surface area contributed by atoms with Crippen molar-refractivity contribution in [2.75, 3.05) is 32.1 Å². The molecule has 5 nitrogen and oxygen atoms in total. The van der Waals surface area contributed by atoms with E-state index in [1.54, 1.807) is 0 Å². The third-order valence-electron chi connectivity index (χ3n) is 3.39. The molecule has 1 unspecified atom stereocenters. The molecule has 2 heterocycles. The van der Waals surface area contributed by atoms with E-state index in [1.807, 2.05) is 12.4 Å². The van der Waals surface area contributed by atoms with Gasteiger partial charge in [0, 0.05) is 44.1 Å². The normalized spacial score (nSPS) is 21.5. The van der Waals surface area contributed by atoms with Gasteiger partial charge in [-0.05, 0) is 26.4 Å². The van der Waals surface area contributed by atoms with Crippen LogP contribution in [0.1, 0.15) is 18.4 Å². The lowest BCUT2D eigenvalue weighted by Crippen LogP contribution is -2.45. The summed E-state index contributed by atoms with van der Waals surface area (Å²) < 4.78 is 0. The number of rotatable bonds is 3. The van der Waals surface area contributed by atoms with Crippen LogP contribution in [0.5, 0.6) is 0 Å². The van der Waals surface area contributed by atoms with Gasteiger partial charge >= 0.3 is 0 Å². The van der Waals surface area contributed by atoms with Crippen LogP contribution in [0.3, 0.4) is 0 Å². The highest BCUT2D eigenvalue weighted by Crippen LogP contribution is 2.17. The molecule has 0 bridgehead atoms. The van der Waals surface area contributed by atoms with E-state index in [0.29, 0.717) is 12.6 Å². The molecular weight excluding hydrogens is 214 g/mol. The van der Waals surface area contributed by atoms with E-state index in [4.69, 9.17) is 5.73 Å². The summed E-state index contributed by atoms with van der Waals surface area (Å²) in [5.74, 6) is 0.794. The smallest absolute Gasteiger partial charge is 0.225 e. The van der Waals surface area contributed by atoms with Gasteiger partial charge in [-0.15, -0.1) is 0 Å². The molecule has 0 saturated carbocycles. The van der Waals surface area contributed by atoms with Crippen LogP contribution >= 0.6 is 0 Å². The van der Waals surface area contributed by atoms with Crippen molar-refractivity contribution in [1.29, 1.82) is 0 Å². The van der Waals surface area contributed by atoms with Crippen LogP contribution in [-0.4, -0.2) is 48.1 Å². The highest BCUT2D eigenvalue weighted by atomic mass is 15.3. The summed E-state index contributed by atoms with van der Waals surface area (Å²) in [4.78, 5) is 13.3. The van der Waals surface area contributed by atoms with Gasteiger partial charge in [-0.3, -0.25) is 0 Å². The molecule has 1 saturated heterocycles. The van der Waals surface area contributed by atoms with Gasteiger partial charge in [-0.2, -0.15) is 0 Å². The largest absolute Gasteiger partial charge is 0.340 e. The third-order valence-corrected chi connectivity index (χ3v) is 3.39. The highest BCUT2D eigenvalue weighted by molar-refractivity contribution is 5.30. The molecule has 0 amide bonds. The molecule has 2 rings (SSSR count). The predicted octanol–water partition coefficient (Wildman–Crippen LogP) is 0.466. The van der Waals surface area contributed by atoms with Crippen LogP contribution in [0.25, 0.3) is 0 Å². The Morgan fingerprint density at radius 3 is 2.76 bits per heavy atom. The van der Waals surface area contributed by atoms with Gasteiger partial charge in [-0.25, -0.2) is 9.97 Å². The monoisotopic (exact) mass is 235 g/mol. The van der Waals surface area contributed by atoms with E-state index in [0.717, 1.165) is 18.1 Å². The lowest BCUT2D eigenvalue weighted by atomic mass is 10.1. The lowest BCUT2D eigenvalue weighted by Gasteiger charge is -2.35. The van der Waals surface area contributed by atoms with Crippen molar-refractivity contribution < 1.29 is 0 Å². The molecule has 5 heteroatoms. The van der Waals surface area contributed by atoms with Crippen molar-refractivity contribution in [2.24, 2.45) is 5.73 Å². The van der Waals surface area contributed by atoms with Gasteiger partial charge in [-0.1, -0.05) is 0 Å². The molecule has 94 valence electrons. The van der Waals surface area contributed by atoms with E-state index in [9.17, 15) is 0 Å². The molecule has 1 aliphatic heterocycles. The molecule has 0 aliphatic carbocycles. The van der Waals surface area contributed by atoms with E-state index < -0.39 is 0 Å². The number of likely N-dealkylation sites (N-methyl/N-ethyl adjacent to an activating group) is 2. The Morgan fingerprint density at radius 2 is 2.18 bits per heavy atom. The van der Waals surface area contributed by atoms with Crippen LogP contribution in [0.15, 0.2) is 12.4 Å². The lowest BCUT2D eigenvalue weighted by molar-refractivity contribution is 0.247. The summed E-state index contributed by atoms with van der Waals surface area (Å²) in [5.41, 5.74) is 6.51. The van der Waals surface area contributed by atoms with Crippen LogP contribution in [0.2, 0.25) is 0 Å². The first-order chi connectivity index (χ1) is 8.20. The fraction of sp³-hybridized carbons (Fsp3) is 0.667. The maximum Gasteiger partial charge on any atom is 0.225 e. The predicted molar refractivity (Wildman–Crippen MR) is 68.8 cm³/mol. The first kappa shape index (κ1) is 12.3. The Kier molecular flexibility index (Phi) is 3.91. The van der Waals surface area contributed by atoms with Gasteiger partial charge < -0.3 is 15.5 Å². The van der Waals surface area contributed by atoms with Gasteiger partial charge in [0.25, 0.3) is 0 Å². The summed E-state index contributed by atoms with van der Waals surface area (Å²) >= 11 is 0. The average molecular weight is 235 g/mol. The molecule has 0 radical (unpaired) electrons. The zero-order valence-electron chi connectivity index (χ0n) is 10.6. The molecule has 1 fully saturated rings. The number of nitrogens with zero attached hydrogens (tertiary/aromatic N) is 4. The van der Waals surface area contributed by atoms with E-state index >= 15 is 0 Å². The molecule has 1 atom stereocenters. The van der Waals surface area contributed by atoms with Crippen LogP contribution < -0.4 is 10.6 Å². The van der Waals surface area contributed by atoms with Gasteiger partial charge in [0.05, 0.1) is 0 Å². The summed E-state index contributed by atoms with van der Waals surface area (Å²) in [5, 5.41) is 0. The fourth-order valence-electron chi connectivity index (χ4n) is 2.25. The second-order valence-electron chi connectivity index (χ2n) is 4.76. The maximum absolute atomic E-state index is 5.54. The fourth-order valence-corrected chi connectivity index (χ4v) is 2.25. The van der Waals surface area contributed by atoms with Crippen molar-refractivity contribution in [1.82, 2.24) is 14.9 Å². The molecule has 1 aromatic rings. The number of piperidine rings is 1. The molecule has 0 aromatic carbocycles. The minimum Gasteiger partial charge on any atom is -0.340 e. The molecule has 2 N–H and O–H groups in total. The van der Waals surface area contributed by atoms with E-state index in [1.165, 1.54) is 19.4 Å². The van der Waals surface area contributed by atoms with Crippen molar-refractivity contribution in [3.8, 4) is 0 Å². The van der Waals surface area contributed by atoms with E-state index in [-0.39, 0.29) is 0 Å². The van der Waals surface area contributed by atoms with E-state index in [2.05, 4.69) is 33.9 Å². The molecule has 1 aliphatic rings. The van der Waals surface area contributed by atoms with Crippen molar-refractivity contribution in [3.05, 3.63) is 18.0 Å². The van der Waals surface area contributed by atoms with Crippen LogP contribution in [-0.2, 0) is 6.54 Å². The third kappa shape index (κ3) is 2.92. The number of likely N-dealkylation sites (tertiary alicyclic amines) is 1. The number of anilines is 1.